The molecule has 4 rings (SSSR count). The Hall–Kier alpha value is -3.32. The van der Waals surface area contributed by atoms with Crippen molar-refractivity contribution in [3.8, 4) is 11.3 Å². The van der Waals surface area contributed by atoms with Crippen molar-refractivity contribution in [1.82, 2.24) is 13.9 Å². The van der Waals surface area contributed by atoms with E-state index in [1.54, 1.807) is 0 Å². The first-order chi connectivity index (χ1) is 13.5. The summed E-state index contributed by atoms with van der Waals surface area (Å²) in [5.41, 5.74) is 4.86. The molecule has 2 aromatic heterocycles. The Morgan fingerprint density at radius 3 is 2.36 bits per heavy atom. The molecule has 6 nitrogen and oxygen atoms in total. The number of aromatic nitrogens is 3. The van der Waals surface area contributed by atoms with Crippen LogP contribution in [0.25, 0.3) is 21.5 Å². The molecule has 2 aromatic carbocycles. The molecule has 0 aliphatic carbocycles. The molecule has 0 unspecified atom stereocenters. The van der Waals surface area contributed by atoms with Crippen LogP contribution < -0.4 is 10.9 Å². The van der Waals surface area contributed by atoms with E-state index in [4.69, 9.17) is 0 Å². The molecular weight excluding hydrogens is 372 g/mol. The number of carbonyl (C=O) groups is 1. The Morgan fingerprint density at radius 1 is 1.04 bits per heavy atom. The molecule has 0 spiro atoms. The maximum Gasteiger partial charge on any atom is 0.273 e. The lowest BCUT2D eigenvalue weighted by Gasteiger charge is -2.07. The summed E-state index contributed by atoms with van der Waals surface area (Å²) < 4.78 is 6.17. The lowest BCUT2D eigenvalue weighted by Crippen LogP contribution is -2.27. The summed E-state index contributed by atoms with van der Waals surface area (Å²) in [6, 6.07) is 15.4. The predicted molar refractivity (Wildman–Crippen MR) is 112 cm³/mol. The van der Waals surface area contributed by atoms with Crippen LogP contribution in [-0.4, -0.2) is 19.8 Å². The zero-order valence-corrected chi connectivity index (χ0v) is 16.3. The minimum Gasteiger partial charge on any atom is -0.325 e. The van der Waals surface area contributed by atoms with Gasteiger partial charge in [-0.25, -0.2) is 4.98 Å². The van der Waals surface area contributed by atoms with Gasteiger partial charge in [0.25, 0.3) is 5.56 Å². The average molecular weight is 390 g/mol. The first-order valence-electron chi connectivity index (χ1n) is 8.79. The van der Waals surface area contributed by atoms with E-state index in [1.165, 1.54) is 10.9 Å². The van der Waals surface area contributed by atoms with E-state index in [0.29, 0.717) is 21.6 Å². The highest BCUT2D eigenvalue weighted by Crippen LogP contribution is 2.27. The summed E-state index contributed by atoms with van der Waals surface area (Å²) in [4.78, 5) is 29.5. The molecule has 28 heavy (non-hydrogen) atoms. The van der Waals surface area contributed by atoms with E-state index in [9.17, 15) is 9.59 Å². The minimum absolute atomic E-state index is 0.104. The number of hydrogen-bond acceptors (Lipinski definition) is 5. The smallest absolute Gasteiger partial charge is 0.273 e. The number of fused-ring (bicyclic) bond motifs is 1. The van der Waals surface area contributed by atoms with E-state index in [-0.39, 0.29) is 18.0 Å². The molecule has 140 valence electrons. The van der Waals surface area contributed by atoms with Gasteiger partial charge in [0.05, 0.1) is 6.33 Å². The number of nitrogens with zero attached hydrogens (tertiary/aromatic N) is 3. The van der Waals surface area contributed by atoms with Gasteiger partial charge < -0.3 is 5.32 Å². The Labute approximate surface area is 165 Å². The summed E-state index contributed by atoms with van der Waals surface area (Å²) >= 11 is 1.11. The SMILES string of the molecule is Cc1ccc(NC(=O)Cn2cnc3c(-c4ccc(C)cc4)nsc3c2=O)cc1. The standard InChI is InChI=1S/C21H18N4O2S/c1-13-3-7-15(8-4-13)18-19-20(28-24-18)21(27)25(12-22-19)11-17(26)23-16-9-5-14(2)6-10-16/h3-10,12H,11H2,1-2H3,(H,23,26). The molecule has 7 heteroatoms. The molecule has 0 aliphatic rings. The summed E-state index contributed by atoms with van der Waals surface area (Å²) in [6.07, 6.45) is 1.41. The molecule has 4 aromatic rings. The number of amides is 1. The Bertz CT molecular complexity index is 1210. The van der Waals surface area contributed by atoms with Crippen LogP contribution in [0.3, 0.4) is 0 Å². The molecule has 0 bridgehead atoms. The third-order valence-electron chi connectivity index (χ3n) is 4.42. The average Bonchev–Trinajstić information content (AvgIpc) is 3.11. The molecule has 0 fully saturated rings. The molecule has 0 saturated carbocycles. The van der Waals surface area contributed by atoms with Crippen molar-refractivity contribution in [2.75, 3.05) is 5.32 Å². The van der Waals surface area contributed by atoms with Crippen molar-refractivity contribution in [3.63, 3.8) is 0 Å². The highest BCUT2D eigenvalue weighted by atomic mass is 32.1. The van der Waals surface area contributed by atoms with E-state index in [2.05, 4.69) is 14.7 Å². The van der Waals surface area contributed by atoms with Gasteiger partial charge in [-0.05, 0) is 37.5 Å². The summed E-state index contributed by atoms with van der Waals surface area (Å²) in [7, 11) is 0. The van der Waals surface area contributed by atoms with Crippen molar-refractivity contribution >= 4 is 33.3 Å². The highest BCUT2D eigenvalue weighted by Gasteiger charge is 2.15. The van der Waals surface area contributed by atoms with E-state index >= 15 is 0 Å². The largest absolute Gasteiger partial charge is 0.325 e. The van der Waals surface area contributed by atoms with E-state index < -0.39 is 0 Å². The van der Waals surface area contributed by atoms with Gasteiger partial charge in [0.15, 0.2) is 0 Å². The zero-order valence-electron chi connectivity index (χ0n) is 15.5. The van der Waals surface area contributed by atoms with Crippen molar-refractivity contribution < 1.29 is 4.79 Å². The molecule has 1 N–H and O–H groups in total. The number of rotatable bonds is 4. The summed E-state index contributed by atoms with van der Waals surface area (Å²) in [5.74, 6) is -0.282. The fourth-order valence-electron chi connectivity index (χ4n) is 2.86. The lowest BCUT2D eigenvalue weighted by atomic mass is 10.1. The second-order valence-corrected chi connectivity index (χ2v) is 7.44. The Kier molecular flexibility index (Phi) is 4.75. The van der Waals surface area contributed by atoms with Gasteiger partial charge in [-0.15, -0.1) is 0 Å². The Morgan fingerprint density at radius 2 is 1.68 bits per heavy atom. The maximum atomic E-state index is 12.8. The first kappa shape index (κ1) is 18.1. The topological polar surface area (TPSA) is 76.9 Å². The summed E-state index contributed by atoms with van der Waals surface area (Å²) in [5, 5.41) is 2.79. The van der Waals surface area contributed by atoms with Gasteiger partial charge in [0.1, 0.15) is 22.5 Å². The predicted octanol–water partition coefficient (Wildman–Crippen LogP) is 3.78. The quantitative estimate of drug-likeness (QED) is 0.575. The second-order valence-electron chi connectivity index (χ2n) is 6.67. The number of aryl methyl sites for hydroxylation is 2. The number of nitrogens with one attached hydrogen (secondary N) is 1. The Balaban J connectivity index is 1.60. The molecule has 0 saturated heterocycles. The van der Waals surface area contributed by atoms with Crippen LogP contribution in [0.1, 0.15) is 11.1 Å². The number of carbonyl (C=O) groups excluding carboxylic acids is 1. The number of hydrogen-bond donors (Lipinski definition) is 1. The van der Waals surface area contributed by atoms with Gasteiger partial charge >= 0.3 is 0 Å². The molecule has 0 atom stereocenters. The van der Waals surface area contributed by atoms with Gasteiger partial charge in [-0.3, -0.25) is 14.2 Å². The fourth-order valence-corrected chi connectivity index (χ4v) is 3.67. The van der Waals surface area contributed by atoms with Crippen LogP contribution in [0.15, 0.2) is 59.7 Å². The van der Waals surface area contributed by atoms with Crippen LogP contribution in [-0.2, 0) is 11.3 Å². The minimum atomic E-state index is -0.282. The van der Waals surface area contributed by atoms with Gasteiger partial charge in [0, 0.05) is 11.3 Å². The number of anilines is 1. The van der Waals surface area contributed by atoms with Gasteiger partial charge in [-0.1, -0.05) is 47.5 Å². The third kappa shape index (κ3) is 3.57. The third-order valence-corrected chi connectivity index (χ3v) is 5.25. The molecule has 0 aliphatic heterocycles. The maximum absolute atomic E-state index is 12.8. The van der Waals surface area contributed by atoms with Crippen LogP contribution in [0.4, 0.5) is 5.69 Å². The van der Waals surface area contributed by atoms with Crippen LogP contribution in [0, 0.1) is 13.8 Å². The molecule has 1 amide bonds. The fraction of sp³-hybridized carbons (Fsp3) is 0.143. The molecule has 0 radical (unpaired) electrons. The lowest BCUT2D eigenvalue weighted by molar-refractivity contribution is -0.116. The molecule has 2 heterocycles. The van der Waals surface area contributed by atoms with E-state index in [0.717, 1.165) is 28.2 Å². The molecular formula is C21H18N4O2S. The van der Waals surface area contributed by atoms with Crippen molar-refractivity contribution in [3.05, 3.63) is 76.3 Å². The summed E-state index contributed by atoms with van der Waals surface area (Å²) in [6.45, 7) is 3.89. The highest BCUT2D eigenvalue weighted by molar-refractivity contribution is 7.13. The second kappa shape index (κ2) is 7.36. The van der Waals surface area contributed by atoms with Crippen LogP contribution in [0.2, 0.25) is 0 Å². The van der Waals surface area contributed by atoms with Crippen molar-refractivity contribution in [2.24, 2.45) is 0 Å². The van der Waals surface area contributed by atoms with Gasteiger partial charge in [-0.2, -0.15) is 4.37 Å². The monoisotopic (exact) mass is 390 g/mol. The van der Waals surface area contributed by atoms with Crippen molar-refractivity contribution in [2.45, 2.75) is 20.4 Å². The number of benzene rings is 2. The van der Waals surface area contributed by atoms with E-state index in [1.807, 2.05) is 62.4 Å². The van der Waals surface area contributed by atoms with Crippen LogP contribution in [0.5, 0.6) is 0 Å². The first-order valence-corrected chi connectivity index (χ1v) is 9.57. The normalized spacial score (nSPS) is 10.9. The van der Waals surface area contributed by atoms with Crippen LogP contribution >= 0.6 is 11.5 Å². The zero-order chi connectivity index (χ0) is 19.7. The van der Waals surface area contributed by atoms with Gasteiger partial charge in [0.2, 0.25) is 5.91 Å². The van der Waals surface area contributed by atoms with Crippen molar-refractivity contribution in [1.29, 1.82) is 0 Å².